The lowest BCUT2D eigenvalue weighted by atomic mass is 9.88. The topological polar surface area (TPSA) is 47.3 Å². The van der Waals surface area contributed by atoms with Crippen LogP contribution in [-0.4, -0.2) is 30.8 Å². The summed E-state index contributed by atoms with van der Waals surface area (Å²) in [5.41, 5.74) is 0. The second-order valence-corrected chi connectivity index (χ2v) is 4.94. The summed E-state index contributed by atoms with van der Waals surface area (Å²) in [6, 6.07) is 0. The Morgan fingerprint density at radius 3 is 2.65 bits per heavy atom. The minimum absolute atomic E-state index is 0.213. The van der Waals surface area contributed by atoms with Crippen LogP contribution in [0.15, 0.2) is 10.6 Å². The Bertz CT molecular complexity index is 364. The largest absolute Gasteiger partial charge is 0.445 e. The summed E-state index contributed by atoms with van der Waals surface area (Å²) in [6.45, 7) is 7.34. The highest BCUT2D eigenvalue weighted by atomic mass is 16.5. The third kappa shape index (κ3) is 2.53. The molecule has 4 unspecified atom stereocenters. The van der Waals surface area contributed by atoms with Crippen molar-refractivity contribution in [3.63, 3.8) is 0 Å². The van der Waals surface area contributed by atoms with E-state index < -0.39 is 0 Å². The first kappa shape index (κ1) is 12.6. The number of hydrogen-bond donors (Lipinski definition) is 1. The van der Waals surface area contributed by atoms with Crippen LogP contribution in [0, 0.1) is 5.92 Å². The zero-order chi connectivity index (χ0) is 12.4. The first-order valence-electron chi connectivity index (χ1n) is 6.38. The number of hydrogen-bond acceptors (Lipinski definition) is 4. The number of ether oxygens (including phenoxy) is 1. The van der Waals surface area contributed by atoms with Crippen LogP contribution < -0.4 is 5.32 Å². The molecule has 4 nitrogen and oxygen atoms in total. The summed E-state index contributed by atoms with van der Waals surface area (Å²) < 4.78 is 11.7. The van der Waals surface area contributed by atoms with Gasteiger partial charge in [-0.15, -0.1) is 0 Å². The predicted octanol–water partition coefficient (Wildman–Crippen LogP) is 1.96. The van der Waals surface area contributed by atoms with E-state index in [4.69, 9.17) is 9.15 Å². The van der Waals surface area contributed by atoms with E-state index in [0.717, 1.165) is 24.6 Å². The monoisotopic (exact) mass is 238 g/mol. The van der Waals surface area contributed by atoms with Gasteiger partial charge in [0.25, 0.3) is 0 Å². The Morgan fingerprint density at radius 1 is 1.29 bits per heavy atom. The smallest absolute Gasteiger partial charge is 0.195 e. The standard InChI is InChI=1S/C13H22N2O2/c1-8-9(2)16-10(3)13(8)11-7-15-12(17-11)5-6-14-4/h7-10,13-14H,5-6H2,1-4H3. The molecule has 0 aliphatic carbocycles. The van der Waals surface area contributed by atoms with Crippen LogP contribution in [-0.2, 0) is 11.2 Å². The molecule has 1 aliphatic rings. The van der Waals surface area contributed by atoms with E-state index in [1.54, 1.807) is 0 Å². The lowest BCUT2D eigenvalue weighted by Gasteiger charge is -2.14. The first-order valence-corrected chi connectivity index (χ1v) is 6.38. The zero-order valence-corrected chi connectivity index (χ0v) is 11.1. The van der Waals surface area contributed by atoms with Crippen LogP contribution >= 0.6 is 0 Å². The quantitative estimate of drug-likeness (QED) is 0.871. The SMILES string of the molecule is CNCCc1ncc(C2C(C)OC(C)C2C)o1. The zero-order valence-electron chi connectivity index (χ0n) is 11.1. The Kier molecular flexibility index (Phi) is 3.84. The van der Waals surface area contributed by atoms with Crippen LogP contribution in [0.2, 0.25) is 0 Å². The summed E-state index contributed by atoms with van der Waals surface area (Å²) in [5, 5.41) is 3.09. The van der Waals surface area contributed by atoms with E-state index in [-0.39, 0.29) is 6.10 Å². The Morgan fingerprint density at radius 2 is 2.06 bits per heavy atom. The molecule has 1 aromatic rings. The van der Waals surface area contributed by atoms with Gasteiger partial charge in [0, 0.05) is 18.9 Å². The van der Waals surface area contributed by atoms with Gasteiger partial charge in [0.1, 0.15) is 5.76 Å². The van der Waals surface area contributed by atoms with Gasteiger partial charge >= 0.3 is 0 Å². The normalized spacial score (nSPS) is 33.2. The molecule has 4 heteroatoms. The van der Waals surface area contributed by atoms with Crippen molar-refractivity contribution in [1.29, 1.82) is 0 Å². The highest BCUT2D eigenvalue weighted by Gasteiger charge is 2.39. The van der Waals surface area contributed by atoms with E-state index in [1.807, 2.05) is 13.2 Å². The van der Waals surface area contributed by atoms with Crippen molar-refractivity contribution in [2.45, 2.75) is 45.3 Å². The number of aromatic nitrogens is 1. The van der Waals surface area contributed by atoms with Gasteiger partial charge in [0.2, 0.25) is 0 Å². The van der Waals surface area contributed by atoms with E-state index in [1.165, 1.54) is 0 Å². The van der Waals surface area contributed by atoms with Gasteiger partial charge in [-0.05, 0) is 26.8 Å². The molecule has 2 heterocycles. The lowest BCUT2D eigenvalue weighted by molar-refractivity contribution is 0.0547. The molecule has 17 heavy (non-hydrogen) atoms. The molecule has 0 saturated carbocycles. The second-order valence-electron chi connectivity index (χ2n) is 4.94. The summed E-state index contributed by atoms with van der Waals surface area (Å²) in [7, 11) is 1.93. The summed E-state index contributed by atoms with van der Waals surface area (Å²) >= 11 is 0. The van der Waals surface area contributed by atoms with Gasteiger partial charge in [-0.2, -0.15) is 0 Å². The van der Waals surface area contributed by atoms with Crippen molar-refractivity contribution in [3.05, 3.63) is 17.8 Å². The third-order valence-electron chi connectivity index (χ3n) is 3.73. The minimum atomic E-state index is 0.213. The number of rotatable bonds is 4. The molecule has 0 radical (unpaired) electrons. The van der Waals surface area contributed by atoms with Crippen molar-refractivity contribution in [1.82, 2.24) is 10.3 Å². The van der Waals surface area contributed by atoms with Gasteiger partial charge in [-0.25, -0.2) is 4.98 Å². The first-order chi connectivity index (χ1) is 8.13. The maximum Gasteiger partial charge on any atom is 0.195 e. The molecule has 0 spiro atoms. The molecule has 0 aromatic carbocycles. The number of nitrogens with zero attached hydrogens (tertiary/aromatic N) is 1. The molecule has 2 rings (SSSR count). The number of nitrogens with one attached hydrogen (secondary N) is 1. The summed E-state index contributed by atoms with van der Waals surface area (Å²) in [6.07, 6.45) is 3.21. The molecule has 1 aromatic heterocycles. The van der Waals surface area contributed by atoms with Crippen molar-refractivity contribution in [2.75, 3.05) is 13.6 Å². The predicted molar refractivity (Wildman–Crippen MR) is 66.0 cm³/mol. The van der Waals surface area contributed by atoms with Crippen molar-refractivity contribution in [3.8, 4) is 0 Å². The number of likely N-dealkylation sites (N-methyl/N-ethyl adjacent to an activating group) is 1. The molecule has 1 aliphatic heterocycles. The minimum Gasteiger partial charge on any atom is -0.445 e. The molecule has 4 atom stereocenters. The maximum atomic E-state index is 5.83. The fourth-order valence-electron chi connectivity index (χ4n) is 2.58. The lowest BCUT2D eigenvalue weighted by Crippen LogP contribution is -2.14. The highest BCUT2D eigenvalue weighted by molar-refractivity contribution is 5.09. The fourth-order valence-corrected chi connectivity index (χ4v) is 2.58. The van der Waals surface area contributed by atoms with E-state index in [0.29, 0.717) is 17.9 Å². The molecular weight excluding hydrogens is 216 g/mol. The van der Waals surface area contributed by atoms with Crippen molar-refractivity contribution < 1.29 is 9.15 Å². The van der Waals surface area contributed by atoms with E-state index >= 15 is 0 Å². The Balaban J connectivity index is 2.09. The van der Waals surface area contributed by atoms with Gasteiger partial charge in [-0.3, -0.25) is 0 Å². The van der Waals surface area contributed by atoms with Gasteiger partial charge in [0.15, 0.2) is 5.89 Å². The van der Waals surface area contributed by atoms with Gasteiger partial charge in [0.05, 0.1) is 18.4 Å². The Labute approximate surface area is 103 Å². The van der Waals surface area contributed by atoms with Crippen LogP contribution in [0.5, 0.6) is 0 Å². The molecule has 1 saturated heterocycles. The van der Waals surface area contributed by atoms with Crippen molar-refractivity contribution in [2.24, 2.45) is 5.92 Å². The number of oxazole rings is 1. The maximum absolute atomic E-state index is 5.83. The van der Waals surface area contributed by atoms with E-state index in [9.17, 15) is 0 Å². The van der Waals surface area contributed by atoms with Crippen LogP contribution in [0.1, 0.15) is 38.3 Å². The molecule has 0 bridgehead atoms. The molecule has 1 fully saturated rings. The Hall–Kier alpha value is -0.870. The fraction of sp³-hybridized carbons (Fsp3) is 0.769. The van der Waals surface area contributed by atoms with Crippen LogP contribution in [0.4, 0.5) is 0 Å². The van der Waals surface area contributed by atoms with Crippen LogP contribution in [0.25, 0.3) is 0 Å². The van der Waals surface area contributed by atoms with Gasteiger partial charge < -0.3 is 14.5 Å². The molecule has 0 amide bonds. The summed E-state index contributed by atoms with van der Waals surface area (Å²) in [5.74, 6) is 2.60. The summed E-state index contributed by atoms with van der Waals surface area (Å²) in [4.78, 5) is 4.33. The average Bonchev–Trinajstić information content (AvgIpc) is 2.83. The van der Waals surface area contributed by atoms with Crippen molar-refractivity contribution >= 4 is 0 Å². The molecule has 96 valence electrons. The van der Waals surface area contributed by atoms with E-state index in [2.05, 4.69) is 31.1 Å². The highest BCUT2D eigenvalue weighted by Crippen LogP contribution is 2.39. The van der Waals surface area contributed by atoms with Gasteiger partial charge in [-0.1, -0.05) is 6.92 Å². The second kappa shape index (κ2) is 5.19. The third-order valence-corrected chi connectivity index (χ3v) is 3.73. The average molecular weight is 238 g/mol. The molecule has 1 N–H and O–H groups in total. The van der Waals surface area contributed by atoms with Crippen LogP contribution in [0.3, 0.4) is 0 Å². The molecular formula is C13H22N2O2.